The number of rotatable bonds is 8. The molecule has 2 aromatic carbocycles. The average molecular weight is 530 g/mol. The van der Waals surface area contributed by atoms with Crippen molar-refractivity contribution in [3.8, 4) is 22.7 Å². The summed E-state index contributed by atoms with van der Waals surface area (Å²) in [5.41, 5.74) is 1.28. The van der Waals surface area contributed by atoms with E-state index in [2.05, 4.69) is 9.51 Å². The van der Waals surface area contributed by atoms with Gasteiger partial charge in [-0.25, -0.2) is 22.4 Å². The van der Waals surface area contributed by atoms with Crippen molar-refractivity contribution in [2.45, 2.75) is 11.8 Å². The fraction of sp³-hybridized carbons (Fsp3) is 0.167. The molecule has 0 fully saturated rings. The molecule has 0 aliphatic carbocycles. The molecular weight excluding hydrogens is 511 g/mol. The summed E-state index contributed by atoms with van der Waals surface area (Å²) in [5, 5.41) is 0.112. The van der Waals surface area contributed by atoms with Gasteiger partial charge in [-0.1, -0.05) is 11.6 Å². The van der Waals surface area contributed by atoms with Crippen LogP contribution in [0.1, 0.15) is 6.92 Å². The van der Waals surface area contributed by atoms with Crippen molar-refractivity contribution in [3.05, 3.63) is 59.8 Å². The Bertz CT molecular complexity index is 1260. The van der Waals surface area contributed by atoms with Gasteiger partial charge in [0.25, 0.3) is 0 Å². The molecule has 0 aliphatic rings. The first-order valence-electron chi connectivity index (χ1n) is 8.76. The van der Waals surface area contributed by atoms with Crippen LogP contribution in [0.15, 0.2) is 53.7 Å². The predicted octanol–water partition coefficient (Wildman–Crippen LogP) is 3.11. The maximum atomic E-state index is 14.2. The molecule has 0 saturated heterocycles. The van der Waals surface area contributed by atoms with E-state index in [1.165, 1.54) is 56.8 Å². The number of hydrogen-bond acceptors (Lipinski definition) is 6. The molecule has 3 aromatic rings. The van der Waals surface area contributed by atoms with Gasteiger partial charge in [-0.3, -0.25) is 9.09 Å². The third-order valence-electron chi connectivity index (χ3n) is 4.11. The molecule has 0 spiro atoms. The molecule has 1 aromatic heterocycles. The first-order valence-corrected chi connectivity index (χ1v) is 12.2. The Hall–Kier alpha value is -0.634. The summed E-state index contributed by atoms with van der Waals surface area (Å²) in [5.74, 6) is -0.514. The molecule has 1 atom stereocenters. The zero-order valence-corrected chi connectivity index (χ0v) is 18.8. The van der Waals surface area contributed by atoms with Crippen molar-refractivity contribution in [1.29, 1.82) is 0 Å². The summed E-state index contributed by atoms with van der Waals surface area (Å²) in [7, 11) is -7.48. The van der Waals surface area contributed by atoms with E-state index in [0.717, 1.165) is 0 Å². The molecule has 2 N–H and O–H groups in total. The number of hydrogen-bond donors (Lipinski definition) is 2. The molecule has 0 bridgehead atoms. The Morgan fingerprint density at radius 1 is 1.25 bits per heavy atom. The van der Waals surface area contributed by atoms with Crippen LogP contribution in [-0.2, 0) is 19.1 Å². The third-order valence-corrected chi connectivity index (χ3v) is 7.77. The minimum atomic E-state index is -4.52. The van der Waals surface area contributed by atoms with Crippen LogP contribution < -0.4 is 9.23 Å². The van der Waals surface area contributed by atoms with Gasteiger partial charge < -0.3 is 9.63 Å². The molecule has 0 radical (unpaired) electrons. The van der Waals surface area contributed by atoms with E-state index < -0.39 is 23.6 Å². The fourth-order valence-electron chi connectivity index (χ4n) is 2.79. The van der Waals surface area contributed by atoms with E-state index >= 15 is 0 Å². The molecule has 168 valence electrons. The van der Waals surface area contributed by atoms with Gasteiger partial charge in [-0.05, 0) is 49.4 Å². The Balaban J connectivity index is 0.00000363. The monoisotopic (exact) mass is 529 g/mol. The first-order chi connectivity index (χ1) is 14.6. The zero-order chi connectivity index (χ0) is 22.8. The minimum absolute atomic E-state index is 0. The number of nitrogens with one attached hydrogen (secondary N) is 1. The number of aromatic nitrogens is 2. The Labute approximate surface area is 232 Å². The molecule has 1 unspecified atom stereocenters. The number of benzene rings is 2. The summed E-state index contributed by atoms with van der Waals surface area (Å²) >= 11 is 6.20. The van der Waals surface area contributed by atoms with E-state index in [-0.39, 0.29) is 73.8 Å². The fourth-order valence-corrected chi connectivity index (χ4v) is 5.72. The van der Waals surface area contributed by atoms with Gasteiger partial charge in [-0.15, -0.1) is 4.49 Å². The summed E-state index contributed by atoms with van der Waals surface area (Å²) in [6.45, 7) is 1.31. The van der Waals surface area contributed by atoms with Crippen LogP contribution in [0.4, 0.5) is 4.39 Å². The second-order valence-electron chi connectivity index (χ2n) is 6.13. The van der Waals surface area contributed by atoms with Gasteiger partial charge in [-0.2, -0.15) is 0 Å². The van der Waals surface area contributed by atoms with Crippen molar-refractivity contribution in [3.63, 3.8) is 0 Å². The van der Waals surface area contributed by atoms with Crippen LogP contribution in [-0.4, -0.2) is 88.0 Å². The van der Waals surface area contributed by atoms with Crippen LogP contribution in [0, 0.1) is 5.82 Å². The number of nitrogens with zero attached hydrogens (tertiary/aromatic N) is 2. The number of halogens is 2. The van der Waals surface area contributed by atoms with Crippen molar-refractivity contribution in [1.82, 2.24) is 14.0 Å². The van der Waals surface area contributed by atoms with Crippen LogP contribution in [0.25, 0.3) is 16.9 Å². The molecular formula is C18H19ClFKN3O6PS. The van der Waals surface area contributed by atoms with Crippen LogP contribution in [0.5, 0.6) is 5.75 Å². The molecule has 0 saturated carbocycles. The molecule has 0 amide bonds. The van der Waals surface area contributed by atoms with Gasteiger partial charge in [0.1, 0.15) is 6.33 Å². The van der Waals surface area contributed by atoms with Gasteiger partial charge >= 0.3 is 59.1 Å². The first kappa shape index (κ1) is 27.6. The number of imidazole rings is 1. The summed E-state index contributed by atoms with van der Waals surface area (Å²) in [4.78, 5) is 13.3. The molecule has 14 heteroatoms. The Kier molecular flexibility index (Phi) is 9.66. The maximum absolute atomic E-state index is 14.2. The molecule has 1 heterocycles. The van der Waals surface area contributed by atoms with Crippen LogP contribution >= 0.6 is 19.3 Å². The SMILES string of the molecule is CCOP(=O)(O)NS(=O)(=O)c1ccc(-n2cnc(Cl)c2-c2ccc(OC)c(F)c2)cc1.[KH]. The molecule has 0 aliphatic heterocycles. The molecule has 3 rings (SSSR count). The van der Waals surface area contributed by atoms with Gasteiger partial charge in [0, 0.05) is 11.3 Å². The quantitative estimate of drug-likeness (QED) is 0.340. The standard InChI is InChI=1S/C18H18ClFN3O6PS.K.H/c1-3-29-30(24,25)22-31(26,27)14-7-5-13(6-8-14)23-11-21-18(19)17(23)12-4-9-16(28-2)15(20)10-12;;/h4-11H,3H2,1-2H3,(H2,22,24,25);;. The van der Waals surface area contributed by atoms with Crippen molar-refractivity contribution in [2.75, 3.05) is 13.7 Å². The van der Waals surface area contributed by atoms with E-state index in [1.54, 1.807) is 15.1 Å². The Morgan fingerprint density at radius 2 is 1.91 bits per heavy atom. The third kappa shape index (κ3) is 6.27. The van der Waals surface area contributed by atoms with E-state index in [0.29, 0.717) is 16.9 Å². The van der Waals surface area contributed by atoms with Crippen LogP contribution in [0.3, 0.4) is 0 Å². The molecule has 32 heavy (non-hydrogen) atoms. The normalized spacial score (nSPS) is 13.3. The number of sulfonamides is 1. The summed E-state index contributed by atoms with van der Waals surface area (Å²) in [6, 6.07) is 9.65. The van der Waals surface area contributed by atoms with Gasteiger partial charge in [0.05, 0.1) is 24.3 Å². The van der Waals surface area contributed by atoms with E-state index in [4.69, 9.17) is 16.3 Å². The number of methoxy groups -OCH3 is 1. The molecule has 9 nitrogen and oxygen atoms in total. The predicted molar refractivity (Wildman–Crippen MR) is 119 cm³/mol. The summed E-state index contributed by atoms with van der Waals surface area (Å²) in [6.07, 6.45) is 1.40. The van der Waals surface area contributed by atoms with Gasteiger partial charge in [0.2, 0.25) is 10.0 Å². The van der Waals surface area contributed by atoms with Gasteiger partial charge in [0.15, 0.2) is 16.7 Å². The number of ether oxygens (including phenoxy) is 1. The topological polar surface area (TPSA) is 120 Å². The second-order valence-corrected chi connectivity index (χ2v) is 10.00. The second kappa shape index (κ2) is 11.2. The zero-order valence-electron chi connectivity index (χ0n) is 16.3. The van der Waals surface area contributed by atoms with Crippen molar-refractivity contribution in [2.24, 2.45) is 0 Å². The van der Waals surface area contributed by atoms with Crippen LogP contribution in [0.2, 0.25) is 5.15 Å². The van der Waals surface area contributed by atoms with Crippen molar-refractivity contribution >= 4 is 80.8 Å². The Morgan fingerprint density at radius 3 is 2.47 bits per heavy atom. The van der Waals surface area contributed by atoms with E-state index in [9.17, 15) is 22.3 Å². The van der Waals surface area contributed by atoms with Crippen molar-refractivity contribution < 1.29 is 31.5 Å². The van der Waals surface area contributed by atoms with E-state index in [1.807, 2.05) is 0 Å². The summed E-state index contributed by atoms with van der Waals surface area (Å²) < 4.78 is 63.2. The average Bonchev–Trinajstić information content (AvgIpc) is 3.08.